The second-order valence-corrected chi connectivity index (χ2v) is 4.93. The minimum absolute atomic E-state index is 0.770. The van der Waals surface area contributed by atoms with Gasteiger partial charge in [-0.15, -0.1) is 11.8 Å². The van der Waals surface area contributed by atoms with E-state index in [1.165, 1.54) is 36.1 Å². The van der Waals surface area contributed by atoms with E-state index in [-0.39, 0.29) is 0 Å². The molecule has 0 heterocycles. The number of rotatable bonds is 6. The smallest absolute Gasteiger partial charge is 0.00719 e. The van der Waals surface area contributed by atoms with Crippen molar-refractivity contribution >= 4 is 11.8 Å². The zero-order valence-corrected chi connectivity index (χ0v) is 10.9. The van der Waals surface area contributed by atoms with E-state index in [0.29, 0.717) is 0 Å². The van der Waals surface area contributed by atoms with Crippen molar-refractivity contribution in [3.63, 3.8) is 0 Å². The molecule has 0 aliphatic carbocycles. The van der Waals surface area contributed by atoms with Gasteiger partial charge in [0.25, 0.3) is 0 Å². The zero-order valence-electron chi connectivity index (χ0n) is 10.1. The molecule has 0 bridgehead atoms. The second kappa shape index (κ2) is 6.95. The summed E-state index contributed by atoms with van der Waals surface area (Å²) in [5.41, 5.74) is 1.53. The molecule has 1 aromatic carbocycles. The fourth-order valence-corrected chi connectivity index (χ4v) is 2.54. The van der Waals surface area contributed by atoms with Crippen molar-refractivity contribution < 1.29 is 0 Å². The standard InChI is InChI=1S/C14H22S/c1-4-7-12(8-5-2)13-9-6-10-14(11-13)15-3/h6,9-12H,4-5,7-8H2,1-3H3. The van der Waals surface area contributed by atoms with Gasteiger partial charge in [-0.1, -0.05) is 38.8 Å². The molecule has 0 spiro atoms. The molecule has 0 radical (unpaired) electrons. The van der Waals surface area contributed by atoms with E-state index in [4.69, 9.17) is 0 Å². The maximum atomic E-state index is 2.36. The van der Waals surface area contributed by atoms with Gasteiger partial charge in [0.05, 0.1) is 0 Å². The molecule has 0 nitrogen and oxygen atoms in total. The van der Waals surface area contributed by atoms with E-state index < -0.39 is 0 Å². The highest BCUT2D eigenvalue weighted by Crippen LogP contribution is 2.28. The van der Waals surface area contributed by atoms with Gasteiger partial charge in [-0.3, -0.25) is 0 Å². The van der Waals surface area contributed by atoms with Gasteiger partial charge in [-0.25, -0.2) is 0 Å². The van der Waals surface area contributed by atoms with Gasteiger partial charge in [-0.2, -0.15) is 0 Å². The van der Waals surface area contributed by atoms with Crippen LogP contribution in [-0.4, -0.2) is 6.26 Å². The molecule has 0 aromatic heterocycles. The van der Waals surface area contributed by atoms with Crippen LogP contribution in [0.5, 0.6) is 0 Å². The lowest BCUT2D eigenvalue weighted by molar-refractivity contribution is 0.560. The zero-order chi connectivity index (χ0) is 11.1. The first-order valence-electron chi connectivity index (χ1n) is 5.95. The molecule has 0 unspecified atom stereocenters. The molecule has 0 aliphatic rings. The SMILES string of the molecule is CCCC(CCC)c1cccc(SC)c1. The molecule has 1 heteroatoms. The van der Waals surface area contributed by atoms with Crippen LogP contribution < -0.4 is 0 Å². The third kappa shape index (κ3) is 3.90. The van der Waals surface area contributed by atoms with Gasteiger partial charge in [0.15, 0.2) is 0 Å². The maximum absolute atomic E-state index is 2.36. The second-order valence-electron chi connectivity index (χ2n) is 4.05. The van der Waals surface area contributed by atoms with Crippen molar-refractivity contribution in [3.05, 3.63) is 29.8 Å². The average Bonchev–Trinajstić information content (AvgIpc) is 2.29. The van der Waals surface area contributed by atoms with Crippen molar-refractivity contribution in [2.45, 2.75) is 50.3 Å². The number of hydrogen-bond donors (Lipinski definition) is 0. The molecular formula is C14H22S. The molecule has 0 aliphatic heterocycles. The summed E-state index contributed by atoms with van der Waals surface area (Å²) in [6, 6.07) is 9.04. The van der Waals surface area contributed by atoms with Crippen LogP contribution in [0.1, 0.15) is 51.0 Å². The highest BCUT2D eigenvalue weighted by molar-refractivity contribution is 7.98. The summed E-state index contributed by atoms with van der Waals surface area (Å²) in [4.78, 5) is 1.39. The van der Waals surface area contributed by atoms with Crippen molar-refractivity contribution in [1.29, 1.82) is 0 Å². The van der Waals surface area contributed by atoms with Crippen molar-refractivity contribution in [2.75, 3.05) is 6.26 Å². The molecule has 0 N–H and O–H groups in total. The summed E-state index contributed by atoms with van der Waals surface area (Å²) in [5, 5.41) is 0. The lowest BCUT2D eigenvalue weighted by Gasteiger charge is -2.16. The van der Waals surface area contributed by atoms with Gasteiger partial charge in [0.2, 0.25) is 0 Å². The number of benzene rings is 1. The molecule has 15 heavy (non-hydrogen) atoms. The predicted octanol–water partition coefficient (Wildman–Crippen LogP) is 5.09. The third-order valence-electron chi connectivity index (χ3n) is 2.84. The van der Waals surface area contributed by atoms with Crippen LogP contribution in [0.15, 0.2) is 29.2 Å². The van der Waals surface area contributed by atoms with E-state index >= 15 is 0 Å². The lowest BCUT2D eigenvalue weighted by Crippen LogP contribution is -1.98. The van der Waals surface area contributed by atoms with Crippen LogP contribution >= 0.6 is 11.8 Å². The summed E-state index contributed by atoms with van der Waals surface area (Å²) in [7, 11) is 0. The van der Waals surface area contributed by atoms with Crippen molar-refractivity contribution in [2.24, 2.45) is 0 Å². The lowest BCUT2D eigenvalue weighted by atomic mass is 9.90. The Morgan fingerprint density at radius 2 is 1.80 bits per heavy atom. The Morgan fingerprint density at radius 1 is 1.13 bits per heavy atom. The highest BCUT2D eigenvalue weighted by Gasteiger charge is 2.09. The minimum atomic E-state index is 0.770. The van der Waals surface area contributed by atoms with Crippen LogP contribution in [0, 0.1) is 0 Å². The normalized spacial score (nSPS) is 10.9. The topological polar surface area (TPSA) is 0 Å². The Morgan fingerprint density at radius 3 is 2.33 bits per heavy atom. The van der Waals surface area contributed by atoms with Gasteiger partial charge in [0.1, 0.15) is 0 Å². The van der Waals surface area contributed by atoms with E-state index in [9.17, 15) is 0 Å². The van der Waals surface area contributed by atoms with Crippen LogP contribution in [0.25, 0.3) is 0 Å². The molecule has 1 aromatic rings. The molecule has 0 saturated carbocycles. The highest BCUT2D eigenvalue weighted by atomic mass is 32.2. The average molecular weight is 222 g/mol. The predicted molar refractivity (Wildman–Crippen MR) is 70.8 cm³/mol. The molecule has 0 amide bonds. The summed E-state index contributed by atoms with van der Waals surface area (Å²) in [6.45, 7) is 4.56. The third-order valence-corrected chi connectivity index (χ3v) is 3.56. The van der Waals surface area contributed by atoms with Gasteiger partial charge in [0, 0.05) is 4.90 Å². The molecule has 0 atom stereocenters. The van der Waals surface area contributed by atoms with E-state index in [1.54, 1.807) is 0 Å². The van der Waals surface area contributed by atoms with Gasteiger partial charge in [-0.05, 0) is 42.7 Å². The first-order chi connectivity index (χ1) is 7.31. The van der Waals surface area contributed by atoms with E-state index in [0.717, 1.165) is 5.92 Å². The Balaban J connectivity index is 2.79. The summed E-state index contributed by atoms with van der Waals surface area (Å²) < 4.78 is 0. The summed E-state index contributed by atoms with van der Waals surface area (Å²) >= 11 is 1.84. The number of hydrogen-bond acceptors (Lipinski definition) is 1. The maximum Gasteiger partial charge on any atom is 0.00719 e. The van der Waals surface area contributed by atoms with Gasteiger partial charge < -0.3 is 0 Å². The molecule has 0 saturated heterocycles. The largest absolute Gasteiger partial charge is 0.130 e. The Kier molecular flexibility index (Phi) is 5.85. The fraction of sp³-hybridized carbons (Fsp3) is 0.571. The summed E-state index contributed by atoms with van der Waals surface area (Å²) in [5.74, 6) is 0.770. The molecular weight excluding hydrogens is 200 g/mol. The molecule has 0 fully saturated rings. The summed E-state index contributed by atoms with van der Waals surface area (Å²) in [6.07, 6.45) is 7.37. The first kappa shape index (κ1) is 12.6. The molecule has 1 rings (SSSR count). The fourth-order valence-electron chi connectivity index (χ4n) is 2.07. The Labute approximate surface area is 98.5 Å². The first-order valence-corrected chi connectivity index (χ1v) is 7.18. The van der Waals surface area contributed by atoms with E-state index in [1.807, 2.05) is 11.8 Å². The van der Waals surface area contributed by atoms with Crippen molar-refractivity contribution in [1.82, 2.24) is 0 Å². The van der Waals surface area contributed by atoms with E-state index in [2.05, 4.69) is 44.4 Å². The van der Waals surface area contributed by atoms with Crippen LogP contribution in [-0.2, 0) is 0 Å². The van der Waals surface area contributed by atoms with Crippen LogP contribution in [0.4, 0.5) is 0 Å². The monoisotopic (exact) mass is 222 g/mol. The number of thioether (sulfide) groups is 1. The minimum Gasteiger partial charge on any atom is -0.130 e. The van der Waals surface area contributed by atoms with Gasteiger partial charge >= 0.3 is 0 Å². The Hall–Kier alpha value is -0.430. The Bertz CT molecular complexity index is 274. The van der Waals surface area contributed by atoms with Crippen molar-refractivity contribution in [3.8, 4) is 0 Å². The quantitative estimate of drug-likeness (QED) is 0.604. The van der Waals surface area contributed by atoms with Crippen LogP contribution in [0.2, 0.25) is 0 Å². The molecule has 84 valence electrons. The van der Waals surface area contributed by atoms with Crippen LogP contribution in [0.3, 0.4) is 0 Å².